The molecule has 0 spiro atoms. The monoisotopic (exact) mass is 275 g/mol. The first-order chi connectivity index (χ1) is 9.47. The molecule has 1 aromatic rings. The quantitative estimate of drug-likeness (QED) is 0.761. The van der Waals surface area contributed by atoms with Crippen molar-refractivity contribution in [1.82, 2.24) is 5.32 Å². The number of carbonyl (C=O) groups excluding carboxylic acids is 2. The van der Waals surface area contributed by atoms with Crippen LogP contribution in [-0.2, 0) is 4.79 Å². The van der Waals surface area contributed by atoms with Gasteiger partial charge in [-0.25, -0.2) is 0 Å². The summed E-state index contributed by atoms with van der Waals surface area (Å²) in [5.41, 5.74) is 7.02. The third kappa shape index (κ3) is 3.81. The molecule has 1 aromatic carbocycles. The highest BCUT2D eigenvalue weighted by molar-refractivity contribution is 5.97. The van der Waals surface area contributed by atoms with E-state index in [0.717, 1.165) is 12.8 Å². The Labute approximate surface area is 118 Å². The number of carbonyl (C=O) groups is 2. The van der Waals surface area contributed by atoms with Crippen molar-refractivity contribution in [2.24, 2.45) is 11.7 Å². The van der Waals surface area contributed by atoms with E-state index in [1.165, 1.54) is 0 Å². The van der Waals surface area contributed by atoms with Crippen LogP contribution in [0.1, 0.15) is 37.0 Å². The number of hydrogen-bond acceptors (Lipinski definition) is 3. The summed E-state index contributed by atoms with van der Waals surface area (Å²) in [5, 5.41) is 5.66. The Morgan fingerprint density at radius 2 is 1.80 bits per heavy atom. The first kappa shape index (κ1) is 14.5. The van der Waals surface area contributed by atoms with E-state index < -0.39 is 6.04 Å². The van der Waals surface area contributed by atoms with Gasteiger partial charge < -0.3 is 16.4 Å². The second-order valence-corrected chi connectivity index (χ2v) is 5.58. The Balaban J connectivity index is 1.93. The molecule has 1 atom stereocenters. The molecule has 0 heterocycles. The van der Waals surface area contributed by atoms with Gasteiger partial charge in [-0.15, -0.1) is 0 Å². The van der Waals surface area contributed by atoms with Crippen molar-refractivity contribution >= 4 is 17.5 Å². The van der Waals surface area contributed by atoms with Crippen LogP contribution in [0.5, 0.6) is 0 Å². The molecule has 5 heteroatoms. The van der Waals surface area contributed by atoms with Gasteiger partial charge in [0.25, 0.3) is 5.91 Å². The van der Waals surface area contributed by atoms with Gasteiger partial charge in [0.2, 0.25) is 5.91 Å². The number of rotatable bonds is 5. The largest absolute Gasteiger partial charge is 0.349 e. The van der Waals surface area contributed by atoms with Crippen LogP contribution in [0.25, 0.3) is 0 Å². The normalized spacial score (nSPS) is 15.8. The highest BCUT2D eigenvalue weighted by Crippen LogP contribution is 2.19. The van der Waals surface area contributed by atoms with Gasteiger partial charge in [-0.3, -0.25) is 9.59 Å². The fraction of sp³-hybridized carbons (Fsp3) is 0.467. The van der Waals surface area contributed by atoms with Crippen molar-refractivity contribution in [3.63, 3.8) is 0 Å². The molecule has 0 radical (unpaired) electrons. The van der Waals surface area contributed by atoms with Crippen molar-refractivity contribution in [3.8, 4) is 0 Å². The number of nitrogens with two attached hydrogens (primary N) is 1. The number of amides is 2. The number of hydrogen-bond donors (Lipinski definition) is 3. The van der Waals surface area contributed by atoms with Crippen molar-refractivity contribution in [2.75, 3.05) is 5.32 Å². The fourth-order valence-electron chi connectivity index (χ4n) is 1.73. The lowest BCUT2D eigenvalue weighted by Crippen LogP contribution is -2.39. The molecular weight excluding hydrogens is 254 g/mol. The first-order valence-corrected chi connectivity index (χ1v) is 6.94. The van der Waals surface area contributed by atoms with Crippen LogP contribution in [-0.4, -0.2) is 23.9 Å². The molecular formula is C15H21N3O2. The molecule has 0 saturated heterocycles. The second-order valence-electron chi connectivity index (χ2n) is 5.58. The van der Waals surface area contributed by atoms with E-state index in [1.807, 2.05) is 13.8 Å². The molecule has 20 heavy (non-hydrogen) atoms. The van der Waals surface area contributed by atoms with Gasteiger partial charge in [0.05, 0.1) is 6.04 Å². The molecule has 0 unspecified atom stereocenters. The topological polar surface area (TPSA) is 84.2 Å². The number of nitrogens with one attached hydrogen (secondary N) is 2. The zero-order valence-corrected chi connectivity index (χ0v) is 11.8. The maximum atomic E-state index is 11.8. The Morgan fingerprint density at radius 3 is 2.30 bits per heavy atom. The minimum Gasteiger partial charge on any atom is -0.349 e. The molecule has 1 aliphatic rings. The Bertz CT molecular complexity index is 492. The minimum absolute atomic E-state index is 0.0655. The number of benzene rings is 1. The average Bonchev–Trinajstić information content (AvgIpc) is 3.22. The van der Waals surface area contributed by atoms with Gasteiger partial charge in [-0.2, -0.15) is 0 Å². The molecule has 4 N–H and O–H groups in total. The van der Waals surface area contributed by atoms with Crippen LogP contribution in [0.15, 0.2) is 24.3 Å². The molecule has 1 fully saturated rings. The van der Waals surface area contributed by atoms with Crippen molar-refractivity contribution in [2.45, 2.75) is 38.8 Å². The molecule has 108 valence electrons. The van der Waals surface area contributed by atoms with Gasteiger partial charge in [0.1, 0.15) is 0 Å². The zero-order chi connectivity index (χ0) is 14.7. The van der Waals surface area contributed by atoms with E-state index in [0.29, 0.717) is 17.3 Å². The SMILES string of the molecule is CC(C)[C@H](N)C(=O)Nc1ccc(C(=O)NC2CC2)cc1. The fourth-order valence-corrected chi connectivity index (χ4v) is 1.73. The van der Waals surface area contributed by atoms with E-state index in [9.17, 15) is 9.59 Å². The summed E-state index contributed by atoms with van der Waals surface area (Å²) in [5.74, 6) is -0.196. The Hall–Kier alpha value is -1.88. The van der Waals surface area contributed by atoms with Crippen molar-refractivity contribution in [1.29, 1.82) is 0 Å². The van der Waals surface area contributed by atoms with Gasteiger partial charge in [0, 0.05) is 17.3 Å². The Morgan fingerprint density at radius 1 is 1.20 bits per heavy atom. The van der Waals surface area contributed by atoms with E-state index in [1.54, 1.807) is 24.3 Å². The van der Waals surface area contributed by atoms with E-state index in [4.69, 9.17) is 5.73 Å². The van der Waals surface area contributed by atoms with Gasteiger partial charge in [0.15, 0.2) is 0 Å². The van der Waals surface area contributed by atoms with Crippen molar-refractivity contribution in [3.05, 3.63) is 29.8 Å². The van der Waals surface area contributed by atoms with Crippen LogP contribution in [0, 0.1) is 5.92 Å². The maximum Gasteiger partial charge on any atom is 0.251 e. The first-order valence-electron chi connectivity index (χ1n) is 6.94. The minimum atomic E-state index is -0.534. The van der Waals surface area contributed by atoms with Crippen LogP contribution >= 0.6 is 0 Å². The molecule has 0 aromatic heterocycles. The zero-order valence-electron chi connectivity index (χ0n) is 11.8. The predicted molar refractivity (Wildman–Crippen MR) is 78.4 cm³/mol. The summed E-state index contributed by atoms with van der Waals surface area (Å²) in [4.78, 5) is 23.6. The molecule has 2 rings (SSSR count). The summed E-state index contributed by atoms with van der Waals surface area (Å²) in [6, 6.07) is 6.64. The molecule has 1 saturated carbocycles. The van der Waals surface area contributed by atoms with Crippen LogP contribution in [0.2, 0.25) is 0 Å². The lowest BCUT2D eigenvalue weighted by molar-refractivity contribution is -0.118. The summed E-state index contributed by atoms with van der Waals surface area (Å²) >= 11 is 0. The average molecular weight is 275 g/mol. The molecule has 0 aliphatic heterocycles. The third-order valence-corrected chi connectivity index (χ3v) is 3.35. The van der Waals surface area contributed by atoms with E-state index >= 15 is 0 Å². The van der Waals surface area contributed by atoms with Gasteiger partial charge >= 0.3 is 0 Å². The second kappa shape index (κ2) is 6.05. The van der Waals surface area contributed by atoms with Crippen LogP contribution in [0.3, 0.4) is 0 Å². The lowest BCUT2D eigenvalue weighted by atomic mass is 10.0. The number of anilines is 1. The molecule has 0 bridgehead atoms. The third-order valence-electron chi connectivity index (χ3n) is 3.35. The van der Waals surface area contributed by atoms with Gasteiger partial charge in [-0.05, 0) is 43.0 Å². The molecule has 5 nitrogen and oxygen atoms in total. The van der Waals surface area contributed by atoms with E-state index in [-0.39, 0.29) is 17.7 Å². The Kier molecular flexibility index (Phi) is 4.39. The predicted octanol–water partition coefficient (Wildman–Crippen LogP) is 1.50. The molecule has 2 amide bonds. The highest BCUT2D eigenvalue weighted by atomic mass is 16.2. The lowest BCUT2D eigenvalue weighted by Gasteiger charge is -2.15. The maximum absolute atomic E-state index is 11.8. The van der Waals surface area contributed by atoms with Crippen LogP contribution < -0.4 is 16.4 Å². The van der Waals surface area contributed by atoms with Crippen molar-refractivity contribution < 1.29 is 9.59 Å². The van der Waals surface area contributed by atoms with Crippen LogP contribution in [0.4, 0.5) is 5.69 Å². The highest BCUT2D eigenvalue weighted by Gasteiger charge is 2.23. The summed E-state index contributed by atoms with van der Waals surface area (Å²) in [7, 11) is 0. The summed E-state index contributed by atoms with van der Waals surface area (Å²) in [6.45, 7) is 3.80. The summed E-state index contributed by atoms with van der Waals surface area (Å²) in [6.07, 6.45) is 2.12. The summed E-state index contributed by atoms with van der Waals surface area (Å²) < 4.78 is 0. The van der Waals surface area contributed by atoms with Gasteiger partial charge in [-0.1, -0.05) is 13.8 Å². The smallest absolute Gasteiger partial charge is 0.251 e. The molecule has 1 aliphatic carbocycles. The van der Waals surface area contributed by atoms with E-state index in [2.05, 4.69) is 10.6 Å². The standard InChI is InChI=1S/C15H21N3O2/c1-9(2)13(16)15(20)18-11-5-3-10(4-6-11)14(19)17-12-7-8-12/h3-6,9,12-13H,7-8,16H2,1-2H3,(H,17,19)(H,18,20)/t13-/m0/s1.